The fourth-order valence-corrected chi connectivity index (χ4v) is 3.70. The van der Waals surface area contributed by atoms with E-state index < -0.39 is 10.0 Å². The van der Waals surface area contributed by atoms with Gasteiger partial charge in [-0.05, 0) is 30.2 Å². The average Bonchev–Trinajstić information content (AvgIpc) is 2.91. The van der Waals surface area contributed by atoms with Crippen LogP contribution in [0, 0.1) is 5.92 Å². The van der Waals surface area contributed by atoms with Crippen LogP contribution in [0.4, 0.5) is 0 Å². The maximum Gasteiger partial charge on any atom is 0.251 e. The van der Waals surface area contributed by atoms with Crippen LogP contribution in [0.1, 0.15) is 35.8 Å². The molecule has 1 amide bonds. The van der Waals surface area contributed by atoms with Crippen molar-refractivity contribution in [3.8, 4) is 0 Å². The summed E-state index contributed by atoms with van der Waals surface area (Å²) in [5.41, 5.74) is 1.29. The largest absolute Gasteiger partial charge is 0.351 e. The van der Waals surface area contributed by atoms with Gasteiger partial charge in [0.25, 0.3) is 5.91 Å². The quantitative estimate of drug-likeness (QED) is 0.792. The summed E-state index contributed by atoms with van der Waals surface area (Å²) in [7, 11) is -2.06. The summed E-state index contributed by atoms with van der Waals surface area (Å²) < 4.78 is 24.5. The van der Waals surface area contributed by atoms with Crippen molar-refractivity contribution in [3.05, 3.63) is 46.7 Å². The van der Waals surface area contributed by atoms with Crippen molar-refractivity contribution in [2.45, 2.75) is 24.7 Å². The Morgan fingerprint density at radius 3 is 2.52 bits per heavy atom. The lowest BCUT2D eigenvalue weighted by Gasteiger charge is -2.21. The number of sulfonamides is 1. The molecule has 0 aliphatic heterocycles. The number of nitrogens with zero attached hydrogens (tertiary/aromatic N) is 2. The second-order valence-electron chi connectivity index (χ2n) is 6.13. The minimum atomic E-state index is -3.92. The van der Waals surface area contributed by atoms with Gasteiger partial charge in [-0.2, -0.15) is 5.10 Å². The highest BCUT2D eigenvalue weighted by atomic mass is 35.5. The van der Waals surface area contributed by atoms with Gasteiger partial charge in [-0.15, -0.1) is 0 Å². The lowest BCUT2D eigenvalue weighted by molar-refractivity contribution is 0.0948. The van der Waals surface area contributed by atoms with Gasteiger partial charge in [-0.1, -0.05) is 25.4 Å². The molecule has 0 radical (unpaired) electrons. The summed E-state index contributed by atoms with van der Waals surface area (Å²) in [5, 5.41) is 12.0. The summed E-state index contributed by atoms with van der Waals surface area (Å²) in [4.78, 5) is 12.2. The smallest absolute Gasteiger partial charge is 0.251 e. The van der Waals surface area contributed by atoms with Gasteiger partial charge in [-0.25, -0.2) is 13.6 Å². The van der Waals surface area contributed by atoms with E-state index in [1.807, 2.05) is 13.1 Å². The molecule has 1 aromatic carbocycles. The average molecular weight is 385 g/mol. The second kappa shape index (κ2) is 7.55. The monoisotopic (exact) mass is 384 g/mol. The third kappa shape index (κ3) is 4.59. The Morgan fingerprint density at radius 1 is 1.36 bits per heavy atom. The van der Waals surface area contributed by atoms with E-state index in [-0.39, 0.29) is 27.3 Å². The molecule has 7 nitrogen and oxygen atoms in total. The molecule has 0 bridgehead atoms. The van der Waals surface area contributed by atoms with E-state index in [0.29, 0.717) is 12.5 Å². The number of benzene rings is 1. The van der Waals surface area contributed by atoms with E-state index in [2.05, 4.69) is 24.3 Å². The number of rotatable bonds is 6. The molecule has 25 heavy (non-hydrogen) atoms. The van der Waals surface area contributed by atoms with Gasteiger partial charge in [0.05, 0.1) is 5.02 Å². The lowest BCUT2D eigenvalue weighted by atomic mass is 9.92. The number of nitrogens with two attached hydrogens (primary N) is 1. The molecule has 136 valence electrons. The number of hydrogen-bond acceptors (Lipinski definition) is 4. The molecule has 0 aliphatic rings. The molecule has 1 heterocycles. The van der Waals surface area contributed by atoms with Crippen LogP contribution in [-0.2, 0) is 17.1 Å². The van der Waals surface area contributed by atoms with Gasteiger partial charge in [-0.3, -0.25) is 9.48 Å². The van der Waals surface area contributed by atoms with Gasteiger partial charge in [0.15, 0.2) is 0 Å². The molecule has 9 heteroatoms. The molecule has 3 N–H and O–H groups in total. The van der Waals surface area contributed by atoms with Crippen LogP contribution < -0.4 is 10.5 Å². The van der Waals surface area contributed by atoms with Crippen LogP contribution in [0.5, 0.6) is 0 Å². The number of amides is 1. The molecule has 0 saturated carbocycles. The zero-order chi connectivity index (χ0) is 18.8. The number of nitrogens with one attached hydrogen (secondary N) is 1. The Labute approximate surface area is 152 Å². The number of aryl methyl sites for hydroxylation is 1. The standard InChI is InChI=1S/C16H21ClN4O3S/c1-10(2)12(14-6-7-20-21(14)3)9-19-16(22)11-4-5-15(13(17)8-11)25(18,23)24/h4-8,10,12H,9H2,1-3H3,(H,19,22)(H2,18,23,24)/t12-/m1/s1. The first-order valence-corrected chi connectivity index (χ1v) is 9.62. The van der Waals surface area contributed by atoms with E-state index in [1.165, 1.54) is 18.2 Å². The fraction of sp³-hybridized carbons (Fsp3) is 0.375. The Hall–Kier alpha value is -1.90. The predicted octanol–water partition coefficient (Wildman–Crippen LogP) is 1.89. The van der Waals surface area contributed by atoms with Crippen molar-refractivity contribution in [3.63, 3.8) is 0 Å². The Bertz CT molecular complexity index is 877. The Morgan fingerprint density at radius 2 is 2.04 bits per heavy atom. The third-order valence-electron chi connectivity index (χ3n) is 4.03. The van der Waals surface area contributed by atoms with Crippen molar-refractivity contribution in [1.29, 1.82) is 0 Å². The fourth-order valence-electron chi connectivity index (χ4n) is 2.61. The third-order valence-corrected chi connectivity index (χ3v) is 5.42. The van der Waals surface area contributed by atoms with Crippen molar-refractivity contribution in [2.75, 3.05) is 6.54 Å². The molecule has 0 unspecified atom stereocenters. The van der Waals surface area contributed by atoms with Crippen LogP contribution in [0.25, 0.3) is 0 Å². The summed E-state index contributed by atoms with van der Waals surface area (Å²) in [6, 6.07) is 5.84. The first kappa shape index (κ1) is 19.4. The highest BCUT2D eigenvalue weighted by Crippen LogP contribution is 2.24. The van der Waals surface area contributed by atoms with E-state index in [9.17, 15) is 13.2 Å². The highest BCUT2D eigenvalue weighted by molar-refractivity contribution is 7.89. The topological polar surface area (TPSA) is 107 Å². The molecule has 0 spiro atoms. The second-order valence-corrected chi connectivity index (χ2v) is 8.07. The van der Waals surface area contributed by atoms with Crippen LogP contribution in [0.15, 0.2) is 35.4 Å². The normalized spacial score (nSPS) is 13.0. The molecule has 0 aliphatic carbocycles. The number of aromatic nitrogens is 2. The number of hydrogen-bond donors (Lipinski definition) is 2. The SMILES string of the molecule is CC(C)[C@@H](CNC(=O)c1ccc(S(N)(=O)=O)c(Cl)c1)c1ccnn1C. The van der Waals surface area contributed by atoms with Crippen molar-refractivity contribution >= 4 is 27.5 Å². The maximum absolute atomic E-state index is 12.4. The van der Waals surface area contributed by atoms with Gasteiger partial charge in [0.2, 0.25) is 10.0 Å². The molecule has 0 saturated heterocycles. The summed E-state index contributed by atoms with van der Waals surface area (Å²) in [6.45, 7) is 4.56. The Kier molecular flexibility index (Phi) is 5.87. The molecule has 1 atom stereocenters. The van der Waals surface area contributed by atoms with Crippen LogP contribution in [0.2, 0.25) is 5.02 Å². The van der Waals surface area contributed by atoms with Crippen LogP contribution in [0.3, 0.4) is 0 Å². The van der Waals surface area contributed by atoms with Crippen molar-refractivity contribution in [1.82, 2.24) is 15.1 Å². The van der Waals surface area contributed by atoms with Gasteiger partial charge < -0.3 is 5.32 Å². The van der Waals surface area contributed by atoms with E-state index in [1.54, 1.807) is 10.9 Å². The Balaban J connectivity index is 2.14. The van der Waals surface area contributed by atoms with E-state index in [0.717, 1.165) is 5.69 Å². The van der Waals surface area contributed by atoms with E-state index >= 15 is 0 Å². The lowest BCUT2D eigenvalue weighted by Crippen LogP contribution is -2.31. The van der Waals surface area contributed by atoms with Gasteiger partial charge in [0.1, 0.15) is 4.90 Å². The number of carbonyl (C=O) groups is 1. The summed E-state index contributed by atoms with van der Waals surface area (Å²) in [6.07, 6.45) is 1.72. The predicted molar refractivity (Wildman–Crippen MR) is 95.9 cm³/mol. The number of halogens is 1. The maximum atomic E-state index is 12.4. The van der Waals surface area contributed by atoms with Crippen molar-refractivity contribution < 1.29 is 13.2 Å². The molecular weight excluding hydrogens is 364 g/mol. The molecule has 1 aromatic heterocycles. The zero-order valence-electron chi connectivity index (χ0n) is 14.2. The zero-order valence-corrected chi connectivity index (χ0v) is 15.8. The van der Waals surface area contributed by atoms with Gasteiger partial charge >= 0.3 is 0 Å². The highest BCUT2D eigenvalue weighted by Gasteiger charge is 2.21. The van der Waals surface area contributed by atoms with Gasteiger partial charge in [0, 0.05) is 37.0 Å². The summed E-state index contributed by atoms with van der Waals surface area (Å²) >= 11 is 5.92. The molecule has 0 fully saturated rings. The number of carbonyl (C=O) groups excluding carboxylic acids is 1. The minimum Gasteiger partial charge on any atom is -0.351 e. The molecule has 2 rings (SSSR count). The molecule has 2 aromatic rings. The minimum absolute atomic E-state index is 0.0813. The van der Waals surface area contributed by atoms with Crippen LogP contribution in [-0.4, -0.2) is 30.7 Å². The first-order chi connectivity index (χ1) is 11.6. The summed E-state index contributed by atoms with van der Waals surface area (Å²) in [5.74, 6) is 0.0512. The number of primary sulfonamides is 1. The first-order valence-electron chi connectivity index (χ1n) is 7.69. The van der Waals surface area contributed by atoms with Crippen molar-refractivity contribution in [2.24, 2.45) is 18.1 Å². The van der Waals surface area contributed by atoms with Crippen LogP contribution >= 0.6 is 11.6 Å². The molecular formula is C16H21ClN4O3S. The van der Waals surface area contributed by atoms with E-state index in [4.69, 9.17) is 16.7 Å².